The number of likely N-dealkylation sites (tertiary alicyclic amines) is 1. The van der Waals surface area contributed by atoms with Crippen molar-refractivity contribution in [1.29, 1.82) is 0 Å². The molecule has 16 heavy (non-hydrogen) atoms. The van der Waals surface area contributed by atoms with Gasteiger partial charge in [0.15, 0.2) is 0 Å². The summed E-state index contributed by atoms with van der Waals surface area (Å²) in [6.07, 6.45) is 5.89. The Morgan fingerprint density at radius 1 is 1.31 bits per heavy atom. The Kier molecular flexibility index (Phi) is 4.17. The Bertz CT molecular complexity index is 317. The van der Waals surface area contributed by atoms with E-state index in [1.807, 2.05) is 6.08 Å². The molecular weight excluding hydrogens is 194 g/mol. The van der Waals surface area contributed by atoms with Crippen LogP contribution in [0.4, 0.5) is 0 Å². The minimum Gasteiger partial charge on any atom is -0.299 e. The molecule has 0 N–H and O–H groups in total. The van der Waals surface area contributed by atoms with Crippen LogP contribution in [0.1, 0.15) is 24.8 Å². The van der Waals surface area contributed by atoms with Gasteiger partial charge in [-0.3, -0.25) is 4.90 Å². The first-order valence-corrected chi connectivity index (χ1v) is 6.25. The maximum atomic E-state index is 3.79. The summed E-state index contributed by atoms with van der Waals surface area (Å²) in [6.45, 7) is 7.44. The Balaban J connectivity index is 1.78. The molecule has 1 heterocycles. The molecule has 1 aliphatic heterocycles. The van der Waals surface area contributed by atoms with Crippen molar-refractivity contribution in [2.24, 2.45) is 5.92 Å². The highest BCUT2D eigenvalue weighted by molar-refractivity contribution is 5.14. The molecule has 1 nitrogen and oxygen atoms in total. The predicted molar refractivity (Wildman–Crippen MR) is 69.3 cm³/mol. The number of hydrogen-bond donors (Lipinski definition) is 0. The summed E-state index contributed by atoms with van der Waals surface area (Å²) in [5, 5.41) is 0. The minimum atomic E-state index is 0.890. The lowest BCUT2D eigenvalue weighted by Gasteiger charge is -2.15. The van der Waals surface area contributed by atoms with Gasteiger partial charge in [-0.25, -0.2) is 0 Å². The Morgan fingerprint density at radius 3 is 2.88 bits per heavy atom. The van der Waals surface area contributed by atoms with Crippen LogP contribution in [0.25, 0.3) is 0 Å². The fourth-order valence-corrected chi connectivity index (χ4v) is 2.49. The second kappa shape index (κ2) is 5.86. The van der Waals surface area contributed by atoms with Crippen molar-refractivity contribution in [3.8, 4) is 0 Å². The van der Waals surface area contributed by atoms with E-state index in [0.717, 1.165) is 12.5 Å². The summed E-state index contributed by atoms with van der Waals surface area (Å²) in [4.78, 5) is 2.57. The van der Waals surface area contributed by atoms with Crippen LogP contribution in [0.15, 0.2) is 43.0 Å². The lowest BCUT2D eigenvalue weighted by molar-refractivity contribution is 0.314. The zero-order valence-corrected chi connectivity index (χ0v) is 9.94. The lowest BCUT2D eigenvalue weighted by atomic mass is 10.0. The molecule has 1 unspecified atom stereocenters. The maximum Gasteiger partial charge on any atom is 0.0233 e. The second-order valence-electron chi connectivity index (χ2n) is 4.74. The van der Waals surface area contributed by atoms with Gasteiger partial charge in [-0.15, -0.1) is 6.58 Å². The molecule has 0 bridgehead atoms. The molecule has 1 aromatic rings. The maximum absolute atomic E-state index is 3.79. The third kappa shape index (κ3) is 3.21. The van der Waals surface area contributed by atoms with Crippen molar-refractivity contribution in [1.82, 2.24) is 4.90 Å². The summed E-state index contributed by atoms with van der Waals surface area (Å²) in [7, 11) is 0. The molecule has 0 saturated carbocycles. The van der Waals surface area contributed by atoms with Crippen LogP contribution in [0.5, 0.6) is 0 Å². The van der Waals surface area contributed by atoms with Gasteiger partial charge in [0.05, 0.1) is 0 Å². The molecule has 1 atom stereocenters. The molecule has 0 spiro atoms. The first-order valence-electron chi connectivity index (χ1n) is 6.25. The van der Waals surface area contributed by atoms with E-state index >= 15 is 0 Å². The fraction of sp³-hybridized carbons (Fsp3) is 0.467. The van der Waals surface area contributed by atoms with Crippen molar-refractivity contribution >= 4 is 0 Å². The highest BCUT2D eigenvalue weighted by atomic mass is 15.1. The summed E-state index contributed by atoms with van der Waals surface area (Å²) in [5.74, 6) is 0.890. The molecule has 0 aliphatic carbocycles. The van der Waals surface area contributed by atoms with Gasteiger partial charge in [0, 0.05) is 13.1 Å². The number of benzene rings is 1. The molecule has 1 fully saturated rings. The average molecular weight is 215 g/mol. The van der Waals surface area contributed by atoms with Crippen LogP contribution in [-0.2, 0) is 6.54 Å². The van der Waals surface area contributed by atoms with E-state index in [9.17, 15) is 0 Å². The van der Waals surface area contributed by atoms with Gasteiger partial charge < -0.3 is 0 Å². The van der Waals surface area contributed by atoms with Gasteiger partial charge in [-0.1, -0.05) is 36.4 Å². The van der Waals surface area contributed by atoms with Crippen molar-refractivity contribution in [2.75, 3.05) is 13.1 Å². The van der Waals surface area contributed by atoms with Crippen molar-refractivity contribution in [2.45, 2.75) is 25.8 Å². The van der Waals surface area contributed by atoms with Gasteiger partial charge in [0.25, 0.3) is 0 Å². The highest BCUT2D eigenvalue weighted by Gasteiger charge is 2.21. The van der Waals surface area contributed by atoms with Crippen LogP contribution in [0, 0.1) is 5.92 Å². The van der Waals surface area contributed by atoms with Gasteiger partial charge in [0.2, 0.25) is 0 Å². The molecule has 0 radical (unpaired) electrons. The zero-order chi connectivity index (χ0) is 11.2. The minimum absolute atomic E-state index is 0.890. The standard InChI is InChI=1S/C15H21N/c1-2-3-7-15-10-11-16(13-15)12-14-8-5-4-6-9-14/h2,4-6,8-9,15H,1,3,7,10-13H2. The van der Waals surface area contributed by atoms with E-state index in [1.54, 1.807) is 0 Å². The Labute approximate surface area is 98.8 Å². The Morgan fingerprint density at radius 2 is 2.12 bits per heavy atom. The predicted octanol–water partition coefficient (Wildman–Crippen LogP) is 3.47. The summed E-state index contributed by atoms with van der Waals surface area (Å²) >= 11 is 0. The first-order chi connectivity index (χ1) is 7.88. The van der Waals surface area contributed by atoms with Crippen LogP contribution in [-0.4, -0.2) is 18.0 Å². The molecular formula is C15H21N. The average Bonchev–Trinajstić information content (AvgIpc) is 2.75. The molecule has 0 amide bonds. The quantitative estimate of drug-likeness (QED) is 0.680. The molecule has 2 rings (SSSR count). The van der Waals surface area contributed by atoms with E-state index in [1.165, 1.54) is 37.9 Å². The number of allylic oxidation sites excluding steroid dienone is 1. The number of nitrogens with zero attached hydrogens (tertiary/aromatic N) is 1. The van der Waals surface area contributed by atoms with Gasteiger partial charge in [-0.05, 0) is 37.3 Å². The van der Waals surface area contributed by atoms with E-state index in [0.29, 0.717) is 0 Å². The van der Waals surface area contributed by atoms with E-state index in [4.69, 9.17) is 0 Å². The fourth-order valence-electron chi connectivity index (χ4n) is 2.49. The van der Waals surface area contributed by atoms with Crippen molar-refractivity contribution in [3.63, 3.8) is 0 Å². The van der Waals surface area contributed by atoms with Gasteiger partial charge in [0.1, 0.15) is 0 Å². The summed E-state index contributed by atoms with van der Waals surface area (Å²) in [5.41, 5.74) is 1.44. The smallest absolute Gasteiger partial charge is 0.0233 e. The summed E-state index contributed by atoms with van der Waals surface area (Å²) in [6, 6.07) is 10.8. The second-order valence-corrected chi connectivity index (χ2v) is 4.74. The topological polar surface area (TPSA) is 3.24 Å². The van der Waals surface area contributed by atoms with Crippen molar-refractivity contribution in [3.05, 3.63) is 48.6 Å². The third-order valence-corrected chi connectivity index (χ3v) is 3.40. The SMILES string of the molecule is C=CCCC1CCN(Cc2ccccc2)C1. The molecule has 86 valence electrons. The molecule has 1 aliphatic rings. The molecule has 0 aromatic heterocycles. The number of rotatable bonds is 5. The zero-order valence-electron chi connectivity index (χ0n) is 9.94. The third-order valence-electron chi connectivity index (χ3n) is 3.40. The molecule has 1 saturated heterocycles. The molecule has 1 aromatic carbocycles. The Hall–Kier alpha value is -1.08. The largest absolute Gasteiger partial charge is 0.299 e. The monoisotopic (exact) mass is 215 g/mol. The van der Waals surface area contributed by atoms with Crippen molar-refractivity contribution < 1.29 is 0 Å². The van der Waals surface area contributed by atoms with Crippen LogP contribution < -0.4 is 0 Å². The van der Waals surface area contributed by atoms with Crippen LogP contribution in [0.2, 0.25) is 0 Å². The number of hydrogen-bond acceptors (Lipinski definition) is 1. The lowest BCUT2D eigenvalue weighted by Crippen LogP contribution is -2.19. The summed E-state index contributed by atoms with van der Waals surface area (Å²) < 4.78 is 0. The van der Waals surface area contributed by atoms with Crippen LogP contribution >= 0.6 is 0 Å². The van der Waals surface area contributed by atoms with E-state index < -0.39 is 0 Å². The van der Waals surface area contributed by atoms with E-state index in [-0.39, 0.29) is 0 Å². The molecule has 1 heteroatoms. The van der Waals surface area contributed by atoms with E-state index in [2.05, 4.69) is 41.8 Å². The van der Waals surface area contributed by atoms with Crippen LogP contribution in [0.3, 0.4) is 0 Å². The normalized spacial score (nSPS) is 21.1. The highest BCUT2D eigenvalue weighted by Crippen LogP contribution is 2.22. The van der Waals surface area contributed by atoms with Gasteiger partial charge >= 0.3 is 0 Å². The van der Waals surface area contributed by atoms with Gasteiger partial charge in [-0.2, -0.15) is 0 Å². The first kappa shape index (κ1) is 11.4.